The van der Waals surface area contributed by atoms with E-state index in [1.165, 1.54) is 5.57 Å². The zero-order valence-corrected chi connectivity index (χ0v) is 5.97. The van der Waals surface area contributed by atoms with Crippen molar-refractivity contribution in [2.24, 2.45) is 4.99 Å². The second kappa shape index (κ2) is 3.32. The van der Waals surface area contributed by atoms with Crippen LogP contribution in [0, 0.1) is 0 Å². The zero-order chi connectivity index (χ0) is 7.40. The van der Waals surface area contributed by atoms with Crippen molar-refractivity contribution in [1.82, 2.24) is 0 Å². The molecule has 2 heteroatoms. The van der Waals surface area contributed by atoms with Crippen molar-refractivity contribution in [2.75, 3.05) is 13.2 Å². The Bertz CT molecular complexity index is 182. The van der Waals surface area contributed by atoms with Gasteiger partial charge in [0.15, 0.2) is 0 Å². The van der Waals surface area contributed by atoms with Gasteiger partial charge in [-0.05, 0) is 18.7 Å². The molecule has 0 bridgehead atoms. The molecule has 0 fully saturated rings. The van der Waals surface area contributed by atoms with E-state index in [1.54, 1.807) is 0 Å². The van der Waals surface area contributed by atoms with Crippen LogP contribution in [0.2, 0.25) is 0 Å². The van der Waals surface area contributed by atoms with Crippen molar-refractivity contribution >= 4 is 6.72 Å². The summed E-state index contributed by atoms with van der Waals surface area (Å²) < 4.78 is 5.11. The number of hydrogen-bond acceptors (Lipinski definition) is 2. The maximum absolute atomic E-state index is 5.11. The fourth-order valence-electron chi connectivity index (χ4n) is 0.891. The standard InChI is InChI=1S/C8H11NO/c1-7(9-2)8-3-5-10-6-4-8/h3H,1-2,4-6H2. The molecule has 2 nitrogen and oxygen atoms in total. The van der Waals surface area contributed by atoms with Gasteiger partial charge in [0.05, 0.1) is 18.9 Å². The highest BCUT2D eigenvalue weighted by atomic mass is 16.5. The summed E-state index contributed by atoms with van der Waals surface area (Å²) in [4.78, 5) is 3.74. The van der Waals surface area contributed by atoms with E-state index in [1.807, 2.05) is 6.08 Å². The van der Waals surface area contributed by atoms with Crippen LogP contribution in [0.3, 0.4) is 0 Å². The van der Waals surface area contributed by atoms with Gasteiger partial charge in [-0.2, -0.15) is 0 Å². The summed E-state index contributed by atoms with van der Waals surface area (Å²) in [5.41, 5.74) is 1.95. The van der Waals surface area contributed by atoms with E-state index in [2.05, 4.69) is 18.3 Å². The third kappa shape index (κ3) is 1.54. The first-order chi connectivity index (χ1) is 4.84. The van der Waals surface area contributed by atoms with Gasteiger partial charge in [0.1, 0.15) is 0 Å². The van der Waals surface area contributed by atoms with Gasteiger partial charge >= 0.3 is 0 Å². The van der Waals surface area contributed by atoms with Crippen LogP contribution >= 0.6 is 0 Å². The van der Waals surface area contributed by atoms with E-state index >= 15 is 0 Å². The van der Waals surface area contributed by atoms with Gasteiger partial charge in [0, 0.05) is 0 Å². The molecule has 10 heavy (non-hydrogen) atoms. The number of allylic oxidation sites excluding steroid dienone is 1. The molecule has 0 aliphatic carbocycles. The van der Waals surface area contributed by atoms with E-state index in [0.717, 1.165) is 18.7 Å². The molecule has 1 rings (SSSR count). The minimum atomic E-state index is 0.684. The van der Waals surface area contributed by atoms with Crippen molar-refractivity contribution in [3.63, 3.8) is 0 Å². The smallest absolute Gasteiger partial charge is 0.0654 e. The first-order valence-corrected chi connectivity index (χ1v) is 3.27. The summed E-state index contributed by atoms with van der Waals surface area (Å²) in [5, 5.41) is 0. The Labute approximate surface area is 60.9 Å². The van der Waals surface area contributed by atoms with Gasteiger partial charge in [0.2, 0.25) is 0 Å². The Morgan fingerprint density at radius 3 is 3.00 bits per heavy atom. The van der Waals surface area contributed by atoms with Gasteiger partial charge in [-0.3, -0.25) is 4.99 Å². The molecule has 0 aromatic rings. The fourth-order valence-corrected chi connectivity index (χ4v) is 0.891. The number of nitrogens with zero attached hydrogens (tertiary/aromatic N) is 1. The first-order valence-electron chi connectivity index (χ1n) is 3.27. The number of rotatable bonds is 2. The normalized spacial score (nSPS) is 17.8. The van der Waals surface area contributed by atoms with E-state index in [-0.39, 0.29) is 0 Å². The summed E-state index contributed by atoms with van der Waals surface area (Å²) in [7, 11) is 0. The SMILES string of the molecule is C=NC(=C)C1=CCOCC1. The fraction of sp³-hybridized carbons (Fsp3) is 0.375. The van der Waals surface area contributed by atoms with Crippen molar-refractivity contribution in [2.45, 2.75) is 6.42 Å². The van der Waals surface area contributed by atoms with E-state index in [9.17, 15) is 0 Å². The van der Waals surface area contributed by atoms with Crippen LogP contribution in [0.4, 0.5) is 0 Å². The highest BCUT2D eigenvalue weighted by Gasteiger charge is 2.04. The van der Waals surface area contributed by atoms with Crippen LogP contribution < -0.4 is 0 Å². The predicted octanol–water partition coefficient (Wildman–Crippen LogP) is 1.55. The van der Waals surface area contributed by atoms with Crippen molar-refractivity contribution in [1.29, 1.82) is 0 Å². The lowest BCUT2D eigenvalue weighted by atomic mass is 10.1. The minimum absolute atomic E-state index is 0.684. The zero-order valence-electron chi connectivity index (χ0n) is 5.97. The lowest BCUT2D eigenvalue weighted by molar-refractivity contribution is 0.155. The largest absolute Gasteiger partial charge is 0.377 e. The van der Waals surface area contributed by atoms with Gasteiger partial charge in [-0.15, -0.1) is 0 Å². The Balaban J connectivity index is 2.61. The second-order valence-electron chi connectivity index (χ2n) is 2.16. The lowest BCUT2D eigenvalue weighted by Crippen LogP contribution is -2.04. The van der Waals surface area contributed by atoms with Crippen LogP contribution in [0.1, 0.15) is 6.42 Å². The molecule has 1 aliphatic rings. The van der Waals surface area contributed by atoms with Gasteiger partial charge < -0.3 is 4.74 Å². The van der Waals surface area contributed by atoms with E-state index in [0.29, 0.717) is 6.61 Å². The van der Waals surface area contributed by atoms with Crippen LogP contribution in [0.15, 0.2) is 28.9 Å². The number of ether oxygens (including phenoxy) is 1. The minimum Gasteiger partial charge on any atom is -0.377 e. The quantitative estimate of drug-likeness (QED) is 0.529. The van der Waals surface area contributed by atoms with E-state index < -0.39 is 0 Å². The molecule has 0 saturated heterocycles. The average molecular weight is 137 g/mol. The highest BCUT2D eigenvalue weighted by Crippen LogP contribution is 2.15. The maximum Gasteiger partial charge on any atom is 0.0654 e. The number of aliphatic imine (C=N–C) groups is 1. The summed E-state index contributed by atoms with van der Waals surface area (Å²) >= 11 is 0. The molecule has 0 radical (unpaired) electrons. The van der Waals surface area contributed by atoms with Crippen molar-refractivity contribution < 1.29 is 4.74 Å². The maximum atomic E-state index is 5.11. The van der Waals surface area contributed by atoms with Crippen LogP contribution in [-0.4, -0.2) is 19.9 Å². The molecule has 0 saturated carbocycles. The third-order valence-electron chi connectivity index (χ3n) is 1.52. The second-order valence-corrected chi connectivity index (χ2v) is 2.16. The van der Waals surface area contributed by atoms with Crippen molar-refractivity contribution in [3.8, 4) is 0 Å². The summed E-state index contributed by atoms with van der Waals surface area (Å²) in [5.74, 6) is 0. The Hall–Kier alpha value is -0.890. The topological polar surface area (TPSA) is 21.6 Å². The molecule has 0 N–H and O–H groups in total. The molecule has 0 atom stereocenters. The molecule has 0 aromatic carbocycles. The first kappa shape index (κ1) is 7.22. The van der Waals surface area contributed by atoms with Gasteiger partial charge in [0.25, 0.3) is 0 Å². The molecule has 0 aromatic heterocycles. The highest BCUT2D eigenvalue weighted by molar-refractivity contribution is 5.37. The molecular formula is C8H11NO. The third-order valence-corrected chi connectivity index (χ3v) is 1.52. The van der Waals surface area contributed by atoms with Gasteiger partial charge in [-0.1, -0.05) is 12.7 Å². The molecule has 54 valence electrons. The molecule has 1 heterocycles. The summed E-state index contributed by atoms with van der Waals surface area (Å²) in [6, 6.07) is 0. The predicted molar refractivity (Wildman–Crippen MR) is 42.2 cm³/mol. The van der Waals surface area contributed by atoms with Crippen LogP contribution in [0.25, 0.3) is 0 Å². The molecule has 0 unspecified atom stereocenters. The van der Waals surface area contributed by atoms with Gasteiger partial charge in [-0.25, -0.2) is 0 Å². The van der Waals surface area contributed by atoms with Crippen LogP contribution in [0.5, 0.6) is 0 Å². The summed E-state index contributed by atoms with van der Waals surface area (Å²) in [6.07, 6.45) is 2.92. The monoisotopic (exact) mass is 137 g/mol. The Morgan fingerprint density at radius 1 is 1.70 bits per heavy atom. The molecule has 1 aliphatic heterocycles. The molecule has 0 amide bonds. The number of hydrogen-bond donors (Lipinski definition) is 0. The molecular weight excluding hydrogens is 126 g/mol. The van der Waals surface area contributed by atoms with E-state index in [4.69, 9.17) is 4.74 Å². The molecule has 0 spiro atoms. The van der Waals surface area contributed by atoms with Crippen molar-refractivity contribution in [3.05, 3.63) is 23.9 Å². The Kier molecular flexibility index (Phi) is 2.40. The lowest BCUT2D eigenvalue weighted by Gasteiger charge is -2.12. The average Bonchev–Trinajstić information content (AvgIpc) is 2.05. The summed E-state index contributed by atoms with van der Waals surface area (Å²) in [6.45, 7) is 8.61. The van der Waals surface area contributed by atoms with Crippen LogP contribution in [-0.2, 0) is 4.74 Å². The Morgan fingerprint density at radius 2 is 2.50 bits per heavy atom.